The molecule has 12 heteroatoms. The number of phenols is 1. The summed E-state index contributed by atoms with van der Waals surface area (Å²) >= 11 is 6.60. The molecule has 272 valence electrons. The maximum Gasteiger partial charge on any atom is 0.338 e. The largest absolute Gasteiger partial charge is 0.508 e. The number of ether oxygens (including phenoxy) is 2. The Morgan fingerprint density at radius 1 is 0.962 bits per heavy atom. The summed E-state index contributed by atoms with van der Waals surface area (Å²) in [4.78, 5) is 49.9. The summed E-state index contributed by atoms with van der Waals surface area (Å²) in [5.74, 6) is -0.785. The average molecular weight is 734 g/mol. The number of ketones is 1. The number of fused-ring (bicyclic) bond motifs is 1. The Morgan fingerprint density at radius 3 is 2.51 bits per heavy atom. The van der Waals surface area contributed by atoms with Gasteiger partial charge in [-0.3, -0.25) is 14.5 Å². The fourth-order valence-corrected chi connectivity index (χ4v) is 7.36. The van der Waals surface area contributed by atoms with Crippen LogP contribution in [0.5, 0.6) is 5.75 Å². The minimum absolute atomic E-state index is 0.0502. The maximum atomic E-state index is 14.8. The van der Waals surface area contributed by atoms with E-state index in [2.05, 4.69) is 27.3 Å². The third kappa shape index (κ3) is 7.41. The smallest absolute Gasteiger partial charge is 0.338 e. The van der Waals surface area contributed by atoms with E-state index in [0.29, 0.717) is 64.4 Å². The number of pyridine rings is 1. The number of hydrogen-bond donors (Lipinski definition) is 2. The summed E-state index contributed by atoms with van der Waals surface area (Å²) in [6, 6.07) is 22.7. The summed E-state index contributed by atoms with van der Waals surface area (Å²) in [5.41, 5.74) is 5.99. The van der Waals surface area contributed by atoms with Crippen molar-refractivity contribution in [2.75, 3.05) is 45.3 Å². The molecule has 2 aliphatic heterocycles. The first-order valence-electron chi connectivity index (χ1n) is 17.4. The first-order valence-corrected chi connectivity index (χ1v) is 17.8. The molecule has 7 rings (SSSR count). The van der Waals surface area contributed by atoms with Crippen molar-refractivity contribution >= 4 is 40.8 Å². The number of halogens is 1. The zero-order valence-corrected chi connectivity index (χ0v) is 30.5. The molecule has 2 N–H and O–H groups in total. The number of methoxy groups -OCH3 is 1. The average Bonchev–Trinajstić information content (AvgIpc) is 3.47. The zero-order valence-electron chi connectivity index (χ0n) is 29.8. The molecule has 1 saturated heterocycles. The van der Waals surface area contributed by atoms with Gasteiger partial charge >= 0.3 is 5.97 Å². The van der Waals surface area contributed by atoms with Crippen LogP contribution in [0, 0.1) is 6.92 Å². The minimum atomic E-state index is -0.526. The summed E-state index contributed by atoms with van der Waals surface area (Å²) in [6.07, 6.45) is 2.20. The van der Waals surface area contributed by atoms with Gasteiger partial charge in [0.2, 0.25) is 0 Å². The SMILES string of the molecule is COC(=O)c1ccnc(Nc2ccc(O)cc2C(=O)c2cc(-c3cc(Cl)ccc3C(=O)N3Cc4ccccc4C[C@H]3CN3CCOCC3)n(C)c2C)c1. The lowest BCUT2D eigenvalue weighted by molar-refractivity contribution is 0.0193. The first kappa shape index (κ1) is 35.9. The van der Waals surface area contributed by atoms with Crippen molar-refractivity contribution in [3.63, 3.8) is 0 Å². The highest BCUT2D eigenvalue weighted by atomic mass is 35.5. The Balaban J connectivity index is 1.24. The number of rotatable bonds is 9. The van der Waals surface area contributed by atoms with Crippen molar-refractivity contribution in [1.29, 1.82) is 0 Å². The summed E-state index contributed by atoms with van der Waals surface area (Å²) in [7, 11) is 3.14. The summed E-state index contributed by atoms with van der Waals surface area (Å²) in [6.45, 7) is 6.03. The second-order valence-corrected chi connectivity index (χ2v) is 13.8. The predicted octanol–water partition coefficient (Wildman–Crippen LogP) is 6.42. The van der Waals surface area contributed by atoms with E-state index >= 15 is 0 Å². The van der Waals surface area contributed by atoms with Crippen molar-refractivity contribution in [3.05, 3.63) is 129 Å². The molecule has 0 saturated carbocycles. The molecule has 11 nitrogen and oxygen atoms in total. The van der Waals surface area contributed by atoms with Gasteiger partial charge in [0, 0.05) is 84.1 Å². The fourth-order valence-electron chi connectivity index (χ4n) is 7.18. The number of nitrogens with one attached hydrogen (secondary N) is 1. The van der Waals surface area contributed by atoms with Crippen molar-refractivity contribution < 1.29 is 29.0 Å². The number of phenolic OH excluding ortho intramolecular Hbond substituents is 1. The predicted molar refractivity (Wildman–Crippen MR) is 202 cm³/mol. The number of amides is 1. The zero-order chi connectivity index (χ0) is 37.2. The normalized spacial score (nSPS) is 15.8. The number of esters is 1. The van der Waals surface area contributed by atoms with Gasteiger partial charge in [-0.1, -0.05) is 35.9 Å². The van der Waals surface area contributed by atoms with E-state index in [0.717, 1.165) is 31.6 Å². The van der Waals surface area contributed by atoms with E-state index in [9.17, 15) is 19.5 Å². The number of morpholine rings is 1. The van der Waals surface area contributed by atoms with Gasteiger partial charge in [-0.2, -0.15) is 0 Å². The molecule has 1 amide bonds. The van der Waals surface area contributed by atoms with Crippen LogP contribution in [-0.2, 0) is 29.5 Å². The molecule has 3 aromatic carbocycles. The summed E-state index contributed by atoms with van der Waals surface area (Å²) < 4.78 is 12.3. The van der Waals surface area contributed by atoms with E-state index in [4.69, 9.17) is 21.1 Å². The Labute approximate surface area is 312 Å². The Bertz CT molecular complexity index is 2210. The Hall–Kier alpha value is -5.49. The highest BCUT2D eigenvalue weighted by Gasteiger charge is 2.34. The number of aromatic nitrogens is 2. The van der Waals surface area contributed by atoms with Crippen LogP contribution >= 0.6 is 11.6 Å². The molecule has 0 bridgehead atoms. The van der Waals surface area contributed by atoms with Crippen LogP contribution in [0.1, 0.15) is 53.5 Å². The van der Waals surface area contributed by atoms with Crippen LogP contribution in [0.25, 0.3) is 11.3 Å². The van der Waals surface area contributed by atoms with E-state index in [-0.39, 0.29) is 34.6 Å². The molecule has 2 aromatic heterocycles. The van der Waals surface area contributed by atoms with Gasteiger partial charge in [0.15, 0.2) is 5.78 Å². The Morgan fingerprint density at radius 2 is 1.74 bits per heavy atom. The van der Waals surface area contributed by atoms with E-state index in [1.807, 2.05) is 35.6 Å². The third-order valence-electron chi connectivity index (χ3n) is 10.1. The van der Waals surface area contributed by atoms with Gasteiger partial charge in [-0.15, -0.1) is 0 Å². The molecule has 53 heavy (non-hydrogen) atoms. The van der Waals surface area contributed by atoms with E-state index in [1.54, 1.807) is 30.3 Å². The number of benzene rings is 3. The van der Waals surface area contributed by atoms with Crippen LogP contribution < -0.4 is 5.32 Å². The lowest BCUT2D eigenvalue weighted by atomic mass is 9.92. The van der Waals surface area contributed by atoms with Crippen LogP contribution in [0.4, 0.5) is 11.5 Å². The third-order valence-corrected chi connectivity index (χ3v) is 10.4. The molecule has 2 aliphatic rings. The van der Waals surface area contributed by atoms with Gasteiger partial charge in [0.05, 0.1) is 31.6 Å². The van der Waals surface area contributed by atoms with Gasteiger partial charge in [-0.25, -0.2) is 9.78 Å². The highest BCUT2D eigenvalue weighted by Crippen LogP contribution is 2.35. The maximum absolute atomic E-state index is 14.8. The quantitative estimate of drug-likeness (QED) is 0.100. The monoisotopic (exact) mass is 733 g/mol. The molecule has 0 spiro atoms. The standard InChI is InChI=1S/C41H40ClN5O6/c1-25-33(39(49)35-21-31(48)9-11-36(35)44-38-19-27(12-13-43-38)41(51)52-3)22-37(45(25)2)34-20-29(42)8-10-32(34)40(50)47-23-28-7-5-4-6-26(28)18-30(47)24-46-14-16-53-17-15-46/h4-13,19-22,30,48H,14-18,23-24H2,1-3H3,(H,43,44)/t30-/m0/s1. The van der Waals surface area contributed by atoms with Crippen molar-refractivity contribution in [1.82, 2.24) is 19.4 Å². The van der Waals surface area contributed by atoms with E-state index < -0.39 is 5.97 Å². The second kappa shape index (κ2) is 15.2. The molecule has 4 heterocycles. The second-order valence-electron chi connectivity index (χ2n) is 13.4. The van der Waals surface area contributed by atoms with Gasteiger partial charge in [-0.05, 0) is 79.1 Å². The molecular formula is C41H40ClN5O6. The van der Waals surface area contributed by atoms with Crippen LogP contribution in [0.3, 0.4) is 0 Å². The number of carbonyl (C=O) groups excluding carboxylic acids is 3. The van der Waals surface area contributed by atoms with Gasteiger partial charge in [0.1, 0.15) is 11.6 Å². The van der Waals surface area contributed by atoms with Crippen LogP contribution in [0.2, 0.25) is 5.02 Å². The Kier molecular flexibility index (Phi) is 10.3. The lowest BCUT2D eigenvalue weighted by Crippen LogP contribution is -2.52. The van der Waals surface area contributed by atoms with Crippen LogP contribution in [-0.4, -0.2) is 88.1 Å². The number of carbonyl (C=O) groups is 3. The molecule has 0 radical (unpaired) electrons. The van der Waals surface area contributed by atoms with Crippen molar-refractivity contribution in [3.8, 4) is 17.0 Å². The molecule has 0 aliphatic carbocycles. The topological polar surface area (TPSA) is 126 Å². The molecular weight excluding hydrogens is 694 g/mol. The van der Waals surface area contributed by atoms with Crippen molar-refractivity contribution in [2.24, 2.45) is 7.05 Å². The van der Waals surface area contributed by atoms with Crippen LogP contribution in [0.15, 0.2) is 85.1 Å². The highest BCUT2D eigenvalue weighted by molar-refractivity contribution is 6.31. The number of anilines is 2. The summed E-state index contributed by atoms with van der Waals surface area (Å²) in [5, 5.41) is 14.0. The van der Waals surface area contributed by atoms with Gasteiger partial charge in [0.25, 0.3) is 5.91 Å². The number of nitrogens with zero attached hydrogens (tertiary/aromatic N) is 4. The number of hydrogen-bond acceptors (Lipinski definition) is 9. The lowest BCUT2D eigenvalue weighted by Gasteiger charge is -2.40. The van der Waals surface area contributed by atoms with E-state index in [1.165, 1.54) is 43.1 Å². The molecule has 5 aromatic rings. The first-order chi connectivity index (χ1) is 25.6. The minimum Gasteiger partial charge on any atom is -0.508 e. The molecule has 0 unspecified atom stereocenters. The van der Waals surface area contributed by atoms with Crippen molar-refractivity contribution in [2.45, 2.75) is 25.9 Å². The number of aromatic hydroxyl groups is 1. The van der Waals surface area contributed by atoms with Gasteiger partial charge < -0.3 is 29.4 Å². The molecule has 1 atom stereocenters. The fraction of sp³-hybridized carbons (Fsp3) is 0.268. The molecule has 1 fully saturated rings.